The fraction of sp³-hybridized carbons (Fsp3) is 0.632. The zero-order valence-electron chi connectivity index (χ0n) is 32.4. The van der Waals surface area contributed by atoms with Crippen molar-refractivity contribution < 1.29 is 27.8 Å². The highest BCUT2D eigenvalue weighted by molar-refractivity contribution is 6.87. The number of aliphatic hydroxyl groups is 1. The summed E-state index contributed by atoms with van der Waals surface area (Å²) >= 11 is 0. The van der Waals surface area contributed by atoms with Gasteiger partial charge >= 0.3 is 12.2 Å². The number of imidazole rings is 2. The fourth-order valence-corrected chi connectivity index (χ4v) is 9.93. The summed E-state index contributed by atoms with van der Waals surface area (Å²) < 4.78 is 49.5. The maximum Gasteiger partial charge on any atom is 0.312 e. The van der Waals surface area contributed by atoms with Crippen LogP contribution in [0.5, 0.6) is 0 Å². The van der Waals surface area contributed by atoms with Crippen LogP contribution in [0.25, 0.3) is 22.3 Å². The third kappa shape index (κ3) is 9.22. The lowest BCUT2D eigenvalue weighted by atomic mass is 10.0. The Morgan fingerprint density at radius 1 is 0.875 bits per heavy atom. The first-order valence-corrected chi connectivity index (χ1v) is 23.9. The van der Waals surface area contributed by atoms with E-state index in [0.717, 1.165) is 24.6 Å². The molecule has 6 heterocycles. The van der Waals surface area contributed by atoms with Gasteiger partial charge in [0.25, 0.3) is 0 Å². The molecule has 0 aromatic carbocycles. The number of hydrogen-bond acceptors (Lipinski definition) is 12. The Kier molecular flexibility index (Phi) is 14.6. The second-order valence-electron chi connectivity index (χ2n) is 15.6. The summed E-state index contributed by atoms with van der Waals surface area (Å²) in [6, 6.07) is 3.37. The molecule has 56 heavy (non-hydrogen) atoms. The quantitative estimate of drug-likeness (QED) is 0.0881. The molecule has 0 bridgehead atoms. The van der Waals surface area contributed by atoms with Crippen molar-refractivity contribution in [2.24, 2.45) is 0 Å². The third-order valence-electron chi connectivity index (χ3n) is 11.4. The van der Waals surface area contributed by atoms with Crippen molar-refractivity contribution in [3.63, 3.8) is 0 Å². The fourth-order valence-electron chi connectivity index (χ4n) is 6.38. The molecular formula is C38H60F2N10O4Si2. The molecule has 6 rings (SSSR count). The van der Waals surface area contributed by atoms with Crippen LogP contribution in [-0.4, -0.2) is 85.0 Å². The molecule has 0 amide bonds. The van der Waals surface area contributed by atoms with Crippen LogP contribution in [0.15, 0.2) is 12.7 Å². The molecule has 0 radical (unpaired) electrons. The van der Waals surface area contributed by atoms with Gasteiger partial charge in [-0.25, -0.2) is 9.97 Å². The number of nitrogens with zero attached hydrogens (tertiary/aromatic N) is 8. The van der Waals surface area contributed by atoms with Gasteiger partial charge in [-0.15, -0.1) is 12.0 Å². The number of aliphatic hydroxyl groups excluding tert-OH is 1. The number of rotatable bonds is 9. The molecule has 308 valence electrons. The van der Waals surface area contributed by atoms with Crippen molar-refractivity contribution in [2.75, 3.05) is 24.7 Å². The van der Waals surface area contributed by atoms with Crippen molar-refractivity contribution in [3.05, 3.63) is 24.8 Å². The highest BCUT2D eigenvalue weighted by Crippen LogP contribution is 2.42. The number of fused-ring (bicyclic) bond motifs is 2. The van der Waals surface area contributed by atoms with Crippen molar-refractivity contribution in [1.82, 2.24) is 39.0 Å². The molecule has 2 saturated heterocycles. The van der Waals surface area contributed by atoms with Gasteiger partial charge in [-0.05, 0) is 61.9 Å². The smallest absolute Gasteiger partial charge is 0.312 e. The zero-order chi connectivity index (χ0) is 39.7. The summed E-state index contributed by atoms with van der Waals surface area (Å²) in [6.45, 7) is 18.1. The Morgan fingerprint density at radius 2 is 1.32 bits per heavy atom. The van der Waals surface area contributed by atoms with Crippen LogP contribution >= 0.6 is 0 Å². The lowest BCUT2D eigenvalue weighted by Gasteiger charge is -2.38. The van der Waals surface area contributed by atoms with Gasteiger partial charge in [-0.2, -0.15) is 28.7 Å². The van der Waals surface area contributed by atoms with Gasteiger partial charge in [0.2, 0.25) is 0 Å². The first-order chi connectivity index (χ1) is 25.4. The van der Waals surface area contributed by atoms with Crippen LogP contribution in [0.3, 0.4) is 0 Å². The Labute approximate surface area is 331 Å². The predicted molar refractivity (Wildman–Crippen MR) is 221 cm³/mol. The Hall–Kier alpha value is -4.05. The molecule has 5 N–H and O–H groups in total. The van der Waals surface area contributed by atoms with Crippen LogP contribution in [-0.2, 0) is 13.9 Å². The molecule has 2 aliphatic rings. The van der Waals surface area contributed by atoms with Crippen molar-refractivity contribution >= 4 is 50.4 Å². The molecule has 14 nitrogen and oxygen atoms in total. The summed E-state index contributed by atoms with van der Waals surface area (Å²) in [4.78, 5) is 23.0. The number of halogens is 2. The van der Waals surface area contributed by atoms with Gasteiger partial charge in [0.15, 0.2) is 53.5 Å². The second kappa shape index (κ2) is 17.6. The van der Waals surface area contributed by atoms with E-state index in [1.54, 1.807) is 15.5 Å². The molecule has 4 aromatic heterocycles. The Balaban J connectivity index is 0.000000326. The average Bonchev–Trinajstić information content (AvgIpc) is 3.93. The average molecular weight is 815 g/mol. The highest BCUT2D eigenvalue weighted by Gasteiger charge is 2.45. The predicted octanol–water partition coefficient (Wildman–Crippen LogP) is 7.16. The minimum Gasteiger partial charge on any atom is -0.413 e. The van der Waals surface area contributed by atoms with E-state index in [0.29, 0.717) is 42.5 Å². The van der Waals surface area contributed by atoms with Crippen LogP contribution in [0.2, 0.25) is 36.3 Å². The van der Waals surface area contributed by atoms with Gasteiger partial charge in [-0.1, -0.05) is 68.2 Å². The summed E-state index contributed by atoms with van der Waals surface area (Å²) in [5.41, 5.74) is 14.7. The largest absolute Gasteiger partial charge is 0.413 e. The Morgan fingerprint density at radius 3 is 1.71 bits per heavy atom. The van der Waals surface area contributed by atoms with Gasteiger partial charge in [0.05, 0.1) is 25.9 Å². The standard InChI is InChI=1S/C24H40FN5O2Si2.C12H12FN5O2.2CH4/c1-9-34(10-2,11-3)15-14-24(16-31-33(7,8)23(4,5)6)13-12-18(32-24)30-17-27-19-20(26)28-22(25)29-21(19)30;1-2-12(5-19)4-3-7(20-12)18-6-15-8-9(14)16-11(13)17-10(8)18;;/h17-18H,9-13,16H2,1-8H3,(H2,26,28,29);1,6-7,19H,3-5H2,(H2,14,16,17);2*1H4/t18-,24-;7-,12+;;/m11../s1. The van der Waals surface area contributed by atoms with Gasteiger partial charge in [0.1, 0.15) is 20.5 Å². The van der Waals surface area contributed by atoms with E-state index in [4.69, 9.17) is 31.8 Å². The Bertz CT molecular complexity index is 2080. The number of ether oxygens (including phenoxy) is 2. The van der Waals surface area contributed by atoms with E-state index < -0.39 is 46.0 Å². The molecule has 2 fully saturated rings. The highest BCUT2D eigenvalue weighted by atomic mass is 28.4. The zero-order valence-corrected chi connectivity index (χ0v) is 34.4. The number of nitrogen functional groups attached to an aromatic ring is 2. The molecule has 2 aliphatic heterocycles. The SMILES string of the molecule is C.C.C#C[C@@]1(CO)CC[C@H](n2cnc3c(N)nc(F)nc32)O1.CC[Si](C#C[C@@]1(CO[Si](C)(C)C(C)(C)C)CC[C@H](n2cnc3c(N)nc(F)nc32)O1)(CC)CC. The van der Waals surface area contributed by atoms with E-state index in [2.05, 4.69) is 102 Å². The van der Waals surface area contributed by atoms with Crippen LogP contribution < -0.4 is 11.5 Å². The number of anilines is 2. The summed E-state index contributed by atoms with van der Waals surface area (Å²) in [7, 11) is -3.69. The number of terminal acetylenes is 1. The van der Waals surface area contributed by atoms with E-state index in [-0.39, 0.29) is 50.0 Å². The second-order valence-corrected chi connectivity index (χ2v) is 25.3. The van der Waals surface area contributed by atoms with Crippen molar-refractivity contribution in [2.45, 2.75) is 142 Å². The molecule has 0 unspecified atom stereocenters. The van der Waals surface area contributed by atoms with E-state index in [1.807, 2.05) is 0 Å². The first-order valence-electron chi connectivity index (χ1n) is 18.3. The van der Waals surface area contributed by atoms with Gasteiger partial charge in [0, 0.05) is 0 Å². The maximum atomic E-state index is 13.9. The monoisotopic (exact) mass is 814 g/mol. The molecule has 18 heteroatoms. The van der Waals surface area contributed by atoms with E-state index in [1.165, 1.54) is 6.33 Å². The summed E-state index contributed by atoms with van der Waals surface area (Å²) in [5.74, 6) is 6.04. The lowest BCUT2D eigenvalue weighted by molar-refractivity contribution is -0.0618. The van der Waals surface area contributed by atoms with Crippen LogP contribution in [0.4, 0.5) is 20.4 Å². The summed E-state index contributed by atoms with van der Waals surface area (Å²) in [5, 5.41) is 9.42. The van der Waals surface area contributed by atoms with E-state index in [9.17, 15) is 13.9 Å². The minimum absolute atomic E-state index is 0. The minimum atomic E-state index is -2.01. The summed E-state index contributed by atoms with van der Waals surface area (Å²) in [6.07, 6.45) is 8.26. The first kappa shape index (κ1) is 46.3. The molecule has 0 saturated carbocycles. The maximum absolute atomic E-state index is 13.9. The molecule has 0 spiro atoms. The molecule has 4 atom stereocenters. The van der Waals surface area contributed by atoms with Crippen molar-refractivity contribution in [1.29, 1.82) is 0 Å². The van der Waals surface area contributed by atoms with Gasteiger partial charge < -0.3 is 30.5 Å². The van der Waals surface area contributed by atoms with Crippen LogP contribution in [0, 0.1) is 36.0 Å². The lowest BCUT2D eigenvalue weighted by Crippen LogP contribution is -2.46. The third-order valence-corrected chi connectivity index (χ3v) is 20.5. The van der Waals surface area contributed by atoms with Crippen molar-refractivity contribution in [3.8, 4) is 23.8 Å². The number of nitrogens with two attached hydrogens (primary N) is 2. The normalized spacial score (nSPS) is 22.4. The molecular weight excluding hydrogens is 755 g/mol. The topological polar surface area (TPSA) is 187 Å². The molecule has 4 aromatic rings. The molecule has 0 aliphatic carbocycles. The van der Waals surface area contributed by atoms with Crippen LogP contribution in [0.1, 0.15) is 94.5 Å². The number of aromatic nitrogens is 8. The van der Waals surface area contributed by atoms with Gasteiger partial charge in [-0.3, -0.25) is 9.13 Å². The van der Waals surface area contributed by atoms with E-state index >= 15 is 0 Å². The number of hydrogen-bond donors (Lipinski definition) is 3.